The third-order valence-corrected chi connectivity index (χ3v) is 3.72. The van der Waals surface area contributed by atoms with E-state index in [1.165, 1.54) is 25.0 Å². The van der Waals surface area contributed by atoms with Crippen LogP contribution in [0, 0.1) is 11.6 Å². The van der Waals surface area contributed by atoms with Crippen LogP contribution in [0.25, 0.3) is 0 Å². The Hall–Kier alpha value is -1.00. The molecule has 0 bridgehead atoms. The van der Waals surface area contributed by atoms with Gasteiger partial charge in [-0.15, -0.1) is 0 Å². The average molecular weight is 254 g/mol. The number of hydrogen-bond donors (Lipinski definition) is 1. The van der Waals surface area contributed by atoms with E-state index in [1.807, 2.05) is 6.92 Å². The van der Waals surface area contributed by atoms with Gasteiger partial charge in [0.2, 0.25) is 0 Å². The molecule has 1 aromatic carbocycles. The summed E-state index contributed by atoms with van der Waals surface area (Å²) in [7, 11) is 2.12. The summed E-state index contributed by atoms with van der Waals surface area (Å²) < 4.78 is 26.2. The van der Waals surface area contributed by atoms with Crippen LogP contribution in [-0.4, -0.2) is 31.1 Å². The van der Waals surface area contributed by atoms with Gasteiger partial charge >= 0.3 is 0 Å². The third kappa shape index (κ3) is 3.27. The first-order valence-electron chi connectivity index (χ1n) is 6.46. The molecule has 2 atom stereocenters. The standard InChI is InChI=1S/C14H20F2N2/c1-10(11-6-12(15)8-13(16)7-11)17-9-14-4-3-5-18(14)2/h6-8,10,14,17H,3-5,9H2,1-2H3. The number of nitrogens with one attached hydrogen (secondary N) is 1. The number of hydrogen-bond acceptors (Lipinski definition) is 2. The fraction of sp³-hybridized carbons (Fsp3) is 0.571. The van der Waals surface area contributed by atoms with Crippen LogP contribution < -0.4 is 5.32 Å². The van der Waals surface area contributed by atoms with Gasteiger partial charge in [-0.2, -0.15) is 0 Å². The number of halogens is 2. The maximum absolute atomic E-state index is 13.1. The van der Waals surface area contributed by atoms with Gasteiger partial charge < -0.3 is 10.2 Å². The van der Waals surface area contributed by atoms with E-state index in [0.717, 1.165) is 19.2 Å². The molecule has 0 radical (unpaired) electrons. The van der Waals surface area contributed by atoms with Crippen molar-refractivity contribution in [3.63, 3.8) is 0 Å². The fourth-order valence-electron chi connectivity index (χ4n) is 2.49. The van der Waals surface area contributed by atoms with E-state index in [4.69, 9.17) is 0 Å². The summed E-state index contributed by atoms with van der Waals surface area (Å²) in [6.45, 7) is 3.92. The maximum Gasteiger partial charge on any atom is 0.126 e. The Morgan fingerprint density at radius 3 is 2.56 bits per heavy atom. The molecule has 1 aliphatic rings. The molecule has 1 fully saturated rings. The predicted octanol–water partition coefficient (Wildman–Crippen LogP) is 2.71. The molecule has 0 saturated carbocycles. The van der Waals surface area contributed by atoms with E-state index in [-0.39, 0.29) is 6.04 Å². The average Bonchev–Trinajstić information content (AvgIpc) is 2.70. The van der Waals surface area contributed by atoms with Crippen molar-refractivity contribution < 1.29 is 8.78 Å². The van der Waals surface area contributed by atoms with Crippen LogP contribution in [0.3, 0.4) is 0 Å². The van der Waals surface area contributed by atoms with Crippen molar-refractivity contribution in [3.8, 4) is 0 Å². The van der Waals surface area contributed by atoms with Crippen LogP contribution in [0.15, 0.2) is 18.2 Å². The molecule has 1 aromatic rings. The summed E-state index contributed by atoms with van der Waals surface area (Å²) in [6, 6.07) is 4.18. The molecule has 0 spiro atoms. The lowest BCUT2D eigenvalue weighted by molar-refractivity contribution is 0.293. The van der Waals surface area contributed by atoms with Gasteiger partial charge in [0.1, 0.15) is 11.6 Å². The first kappa shape index (κ1) is 13.4. The molecule has 0 aromatic heterocycles. The summed E-state index contributed by atoms with van der Waals surface area (Å²) in [5, 5.41) is 3.35. The summed E-state index contributed by atoms with van der Waals surface area (Å²) in [4.78, 5) is 2.33. The van der Waals surface area contributed by atoms with Crippen LogP contribution in [0.1, 0.15) is 31.4 Å². The third-order valence-electron chi connectivity index (χ3n) is 3.72. The van der Waals surface area contributed by atoms with Crippen molar-refractivity contribution in [3.05, 3.63) is 35.4 Å². The van der Waals surface area contributed by atoms with Crippen molar-refractivity contribution >= 4 is 0 Å². The van der Waals surface area contributed by atoms with Gasteiger partial charge in [-0.3, -0.25) is 0 Å². The Labute approximate surface area is 107 Å². The zero-order valence-corrected chi connectivity index (χ0v) is 10.9. The molecule has 1 heterocycles. The minimum Gasteiger partial charge on any atom is -0.309 e. The van der Waals surface area contributed by atoms with Crippen LogP contribution in [-0.2, 0) is 0 Å². The van der Waals surface area contributed by atoms with Crippen LogP contribution in [0.5, 0.6) is 0 Å². The van der Waals surface area contributed by atoms with Crippen molar-refractivity contribution in [2.24, 2.45) is 0 Å². The predicted molar refractivity (Wildman–Crippen MR) is 68.4 cm³/mol. The first-order valence-corrected chi connectivity index (χ1v) is 6.46. The van der Waals surface area contributed by atoms with Gasteiger partial charge in [0.25, 0.3) is 0 Å². The fourth-order valence-corrected chi connectivity index (χ4v) is 2.49. The molecule has 2 nitrogen and oxygen atoms in total. The smallest absolute Gasteiger partial charge is 0.126 e. The number of rotatable bonds is 4. The van der Waals surface area contributed by atoms with Crippen LogP contribution in [0.2, 0.25) is 0 Å². The Bertz CT molecular complexity index is 389. The van der Waals surface area contributed by atoms with Gasteiger partial charge in [0.05, 0.1) is 0 Å². The van der Waals surface area contributed by atoms with E-state index in [0.29, 0.717) is 11.6 Å². The van der Waals surface area contributed by atoms with Gasteiger partial charge in [0, 0.05) is 24.7 Å². The minimum atomic E-state index is -0.517. The summed E-state index contributed by atoms with van der Waals surface area (Å²) in [6.07, 6.45) is 2.42. The van der Waals surface area contributed by atoms with E-state index in [1.54, 1.807) is 0 Å². The van der Waals surface area contributed by atoms with E-state index >= 15 is 0 Å². The number of likely N-dealkylation sites (tertiary alicyclic amines) is 1. The lowest BCUT2D eigenvalue weighted by atomic mass is 10.1. The zero-order chi connectivity index (χ0) is 13.1. The molecule has 2 rings (SSSR count). The largest absolute Gasteiger partial charge is 0.309 e. The first-order chi connectivity index (χ1) is 8.56. The summed E-state index contributed by atoms with van der Waals surface area (Å²) >= 11 is 0. The van der Waals surface area contributed by atoms with Crippen molar-refractivity contribution in [1.82, 2.24) is 10.2 Å². The number of benzene rings is 1. The van der Waals surface area contributed by atoms with Crippen molar-refractivity contribution in [1.29, 1.82) is 0 Å². The van der Waals surface area contributed by atoms with Gasteiger partial charge in [-0.25, -0.2) is 8.78 Å². The molecule has 1 saturated heterocycles. The second-order valence-electron chi connectivity index (χ2n) is 5.11. The lowest BCUT2D eigenvalue weighted by Gasteiger charge is -2.22. The molecule has 1 N–H and O–H groups in total. The lowest BCUT2D eigenvalue weighted by Crippen LogP contribution is -2.36. The highest BCUT2D eigenvalue weighted by Crippen LogP contribution is 2.18. The number of likely N-dealkylation sites (N-methyl/N-ethyl adjacent to an activating group) is 1. The summed E-state index contributed by atoms with van der Waals surface area (Å²) in [5.41, 5.74) is 0.660. The molecule has 2 unspecified atom stereocenters. The molecule has 0 aliphatic carbocycles. The van der Waals surface area contributed by atoms with Gasteiger partial charge in [-0.1, -0.05) is 0 Å². The quantitative estimate of drug-likeness (QED) is 0.888. The Morgan fingerprint density at radius 1 is 1.33 bits per heavy atom. The Morgan fingerprint density at radius 2 is 2.00 bits per heavy atom. The van der Waals surface area contributed by atoms with E-state index in [2.05, 4.69) is 17.3 Å². The van der Waals surface area contributed by atoms with Crippen molar-refractivity contribution in [2.45, 2.75) is 31.8 Å². The zero-order valence-electron chi connectivity index (χ0n) is 10.9. The molecular formula is C14H20F2N2. The molecule has 18 heavy (non-hydrogen) atoms. The minimum absolute atomic E-state index is 0.0378. The second kappa shape index (κ2) is 5.76. The van der Waals surface area contributed by atoms with Gasteiger partial charge in [0.15, 0.2) is 0 Å². The normalized spacial score (nSPS) is 22.3. The second-order valence-corrected chi connectivity index (χ2v) is 5.11. The Kier molecular flexibility index (Phi) is 4.30. The molecule has 1 aliphatic heterocycles. The highest BCUT2D eigenvalue weighted by molar-refractivity contribution is 5.20. The molecular weight excluding hydrogens is 234 g/mol. The number of nitrogens with zero attached hydrogens (tertiary/aromatic N) is 1. The van der Waals surface area contributed by atoms with E-state index in [9.17, 15) is 8.78 Å². The SMILES string of the molecule is CC(NCC1CCCN1C)c1cc(F)cc(F)c1. The topological polar surface area (TPSA) is 15.3 Å². The summed E-state index contributed by atoms with van der Waals surface area (Å²) in [5.74, 6) is -1.03. The van der Waals surface area contributed by atoms with Crippen molar-refractivity contribution in [2.75, 3.05) is 20.1 Å². The highest BCUT2D eigenvalue weighted by atomic mass is 19.1. The van der Waals surface area contributed by atoms with Crippen LogP contribution in [0.4, 0.5) is 8.78 Å². The monoisotopic (exact) mass is 254 g/mol. The van der Waals surface area contributed by atoms with Gasteiger partial charge in [-0.05, 0) is 51.1 Å². The Balaban J connectivity index is 1.92. The molecule has 0 amide bonds. The molecule has 4 heteroatoms. The highest BCUT2D eigenvalue weighted by Gasteiger charge is 2.21. The van der Waals surface area contributed by atoms with Crippen LogP contribution >= 0.6 is 0 Å². The maximum atomic E-state index is 13.1. The molecule has 100 valence electrons. The van der Waals surface area contributed by atoms with E-state index < -0.39 is 11.6 Å².